The van der Waals surface area contributed by atoms with Crippen LogP contribution in [0.15, 0.2) is 237 Å². The van der Waals surface area contributed by atoms with E-state index in [9.17, 15) is 0 Å². The van der Waals surface area contributed by atoms with Crippen molar-refractivity contribution >= 4 is 66.0 Å². The number of rotatable bonds is 7. The molecule has 0 bridgehead atoms. The molecule has 4 aliphatic carbocycles. The van der Waals surface area contributed by atoms with Crippen molar-refractivity contribution in [1.82, 2.24) is 4.57 Å². The predicted octanol–water partition coefficient (Wildman–Crippen LogP) is 19.5. The molecule has 2 nitrogen and oxygen atoms in total. The van der Waals surface area contributed by atoms with E-state index in [1.807, 2.05) is 6.07 Å². The van der Waals surface area contributed by atoms with E-state index in [1.165, 1.54) is 88.4 Å². The molecule has 0 radical (unpaired) electrons. The van der Waals surface area contributed by atoms with Crippen molar-refractivity contribution in [3.8, 4) is 39.1 Å². The number of aromatic nitrogens is 1. The lowest BCUT2D eigenvalue weighted by Gasteiger charge is -2.29. The van der Waals surface area contributed by atoms with E-state index in [0.717, 1.165) is 45.3 Å². The van der Waals surface area contributed by atoms with Crippen LogP contribution in [0.3, 0.4) is 0 Å². The molecule has 15 rings (SSSR count). The molecular formula is C74H56N2. The Morgan fingerprint density at radius 1 is 0.513 bits per heavy atom. The van der Waals surface area contributed by atoms with Gasteiger partial charge in [0.15, 0.2) is 0 Å². The van der Waals surface area contributed by atoms with Crippen molar-refractivity contribution in [3.63, 3.8) is 0 Å². The molecule has 0 N–H and O–H groups in total. The van der Waals surface area contributed by atoms with Gasteiger partial charge in [-0.2, -0.15) is 0 Å². The Morgan fingerprint density at radius 2 is 1.14 bits per heavy atom. The summed E-state index contributed by atoms with van der Waals surface area (Å²) >= 11 is 0. The number of allylic oxidation sites excluding steroid dienone is 8. The first-order chi connectivity index (χ1) is 37.2. The van der Waals surface area contributed by atoms with E-state index >= 15 is 0 Å². The Labute approximate surface area is 445 Å². The van der Waals surface area contributed by atoms with Crippen LogP contribution < -0.4 is 4.90 Å². The summed E-state index contributed by atoms with van der Waals surface area (Å²) in [5.41, 5.74) is 21.4. The number of fused-ring (bicyclic) bond motifs is 11. The summed E-state index contributed by atoms with van der Waals surface area (Å²) in [6, 6.07) is 79.6. The van der Waals surface area contributed by atoms with E-state index in [0.29, 0.717) is 17.8 Å². The minimum absolute atomic E-state index is 0.0340. The van der Waals surface area contributed by atoms with E-state index in [2.05, 4.69) is 280 Å². The highest BCUT2D eigenvalue weighted by molar-refractivity contribution is 6.22. The quantitative estimate of drug-likeness (QED) is 0.155. The molecule has 0 amide bonds. The topological polar surface area (TPSA) is 8.17 Å². The molecule has 1 heterocycles. The molecule has 2 heteroatoms. The number of anilines is 3. The Hall–Kier alpha value is -8.90. The highest BCUT2D eigenvalue weighted by Gasteiger charge is 2.45. The maximum Gasteiger partial charge on any atom is 0.0703 e. The van der Waals surface area contributed by atoms with Gasteiger partial charge < -0.3 is 9.47 Å². The molecule has 0 saturated carbocycles. The molecule has 4 aliphatic rings. The lowest BCUT2D eigenvalue weighted by Crippen LogP contribution is -2.24. The average Bonchev–Trinajstić information content (AvgIpc) is 4.05. The molecule has 362 valence electrons. The molecular weight excluding hydrogens is 917 g/mol. The summed E-state index contributed by atoms with van der Waals surface area (Å²) in [6.45, 7) is 9.73. The molecule has 3 atom stereocenters. The van der Waals surface area contributed by atoms with E-state index in [-0.39, 0.29) is 10.8 Å². The normalized spacial score (nSPS) is 18.4. The van der Waals surface area contributed by atoms with Crippen molar-refractivity contribution in [2.24, 2.45) is 11.8 Å². The molecule has 11 aromatic rings. The number of benzene rings is 9. The van der Waals surface area contributed by atoms with Crippen LogP contribution in [0.25, 0.3) is 88.0 Å². The van der Waals surface area contributed by atoms with Gasteiger partial charge >= 0.3 is 0 Å². The van der Waals surface area contributed by atoms with Gasteiger partial charge in [0.1, 0.15) is 0 Å². The summed E-state index contributed by atoms with van der Waals surface area (Å²) in [6.07, 6.45) is 17.3. The van der Waals surface area contributed by atoms with Crippen molar-refractivity contribution in [3.05, 3.63) is 271 Å². The van der Waals surface area contributed by atoms with Gasteiger partial charge in [0.25, 0.3) is 0 Å². The van der Waals surface area contributed by atoms with Gasteiger partial charge in [-0.3, -0.25) is 0 Å². The zero-order chi connectivity index (χ0) is 50.9. The fourth-order valence-corrected chi connectivity index (χ4v) is 14.2. The molecule has 3 unspecified atom stereocenters. The first-order valence-corrected chi connectivity index (χ1v) is 27.1. The number of hydrogen-bond acceptors (Lipinski definition) is 1. The number of para-hydroxylation sites is 1. The fraction of sp³-hybridized carbons (Fsp3) is 0.135. The number of nitrogens with zero attached hydrogens (tertiary/aromatic N) is 2. The predicted molar refractivity (Wildman–Crippen MR) is 320 cm³/mol. The lowest BCUT2D eigenvalue weighted by molar-refractivity contribution is 0.394. The van der Waals surface area contributed by atoms with Crippen LogP contribution in [0.4, 0.5) is 17.1 Å². The smallest absolute Gasteiger partial charge is 0.0703 e. The Kier molecular flexibility index (Phi) is 9.86. The highest BCUT2D eigenvalue weighted by atomic mass is 15.1. The lowest BCUT2D eigenvalue weighted by atomic mass is 9.74. The van der Waals surface area contributed by atoms with Crippen LogP contribution in [-0.4, -0.2) is 4.57 Å². The third-order valence-electron chi connectivity index (χ3n) is 18.0. The zero-order valence-electron chi connectivity index (χ0n) is 43.4. The van der Waals surface area contributed by atoms with Crippen molar-refractivity contribution in [2.45, 2.75) is 50.9 Å². The fourth-order valence-electron chi connectivity index (χ4n) is 14.2. The minimum Gasteiger partial charge on any atom is -0.309 e. The van der Waals surface area contributed by atoms with Crippen LogP contribution in [0, 0.1) is 24.0 Å². The highest BCUT2D eigenvalue weighted by Crippen LogP contribution is 2.56. The summed E-state index contributed by atoms with van der Waals surface area (Å²) in [7, 11) is 0. The van der Waals surface area contributed by atoms with Crippen LogP contribution in [0.1, 0.15) is 62.3 Å². The van der Waals surface area contributed by atoms with Gasteiger partial charge in [-0.15, -0.1) is 0 Å². The van der Waals surface area contributed by atoms with Gasteiger partial charge in [-0.25, -0.2) is 0 Å². The first kappa shape index (κ1) is 44.6. The Morgan fingerprint density at radius 3 is 1.89 bits per heavy atom. The summed E-state index contributed by atoms with van der Waals surface area (Å²) < 4.78 is 2.47. The van der Waals surface area contributed by atoms with Crippen molar-refractivity contribution in [2.75, 3.05) is 4.90 Å². The molecule has 76 heavy (non-hydrogen) atoms. The third kappa shape index (κ3) is 6.61. The van der Waals surface area contributed by atoms with Crippen LogP contribution >= 0.6 is 0 Å². The zero-order valence-corrected chi connectivity index (χ0v) is 43.4. The second-order valence-electron chi connectivity index (χ2n) is 22.7. The third-order valence-corrected chi connectivity index (χ3v) is 18.0. The number of hydrogen-bond donors (Lipinski definition) is 0. The monoisotopic (exact) mass is 972 g/mol. The largest absolute Gasteiger partial charge is 0.309 e. The molecule has 10 aromatic carbocycles. The van der Waals surface area contributed by atoms with Gasteiger partial charge in [0.05, 0.1) is 22.1 Å². The van der Waals surface area contributed by atoms with Crippen LogP contribution in [0.5, 0.6) is 0 Å². The minimum atomic E-state index is 0.0340. The summed E-state index contributed by atoms with van der Waals surface area (Å²) in [5, 5.41) is 7.02. The van der Waals surface area contributed by atoms with Gasteiger partial charge in [0, 0.05) is 44.5 Å². The van der Waals surface area contributed by atoms with Crippen molar-refractivity contribution < 1.29 is 0 Å². The van der Waals surface area contributed by atoms with Gasteiger partial charge in [-0.05, 0) is 175 Å². The summed E-state index contributed by atoms with van der Waals surface area (Å²) in [4.78, 5) is 2.41. The summed E-state index contributed by atoms with van der Waals surface area (Å²) in [5.74, 6) is 1.39. The van der Waals surface area contributed by atoms with Gasteiger partial charge in [0.2, 0.25) is 0 Å². The van der Waals surface area contributed by atoms with E-state index in [4.69, 9.17) is 0 Å². The SMILES string of the molecule is CC1(C)c2cc(-c3ccc4c(c3)c3cc(-c5ccc6c(c5)C(C)(C)C5C=CC=CC65)ccc3n4-c3ccc(N(c4ccccc4)c4c5c#cccc5c(-c5ccccc5)c5ccccc45)cc3)ccc2C2=CC=CCC21. The van der Waals surface area contributed by atoms with Gasteiger partial charge in [-0.1, -0.05) is 198 Å². The van der Waals surface area contributed by atoms with E-state index in [1.54, 1.807) is 0 Å². The Balaban J connectivity index is 0.900. The molecule has 1 aromatic heterocycles. The van der Waals surface area contributed by atoms with Crippen LogP contribution in [-0.2, 0) is 10.8 Å². The molecule has 0 saturated heterocycles. The Bertz CT molecular complexity index is 4250. The second kappa shape index (κ2) is 16.8. The standard InChI is InChI=1S/C74H56N2/c1-73(2)65-29-17-15-23-55(65)57-39-31-50(45-67(57)73)48-33-41-69-63(43-48)64-44-49(51-32-40-58-56-24-16-18-30-66(56)74(3,4)68(58)46-51)34-42-70(64)76(69)54-37-35-53(36-38-54)75(52-21-9-6-10-22-52)72-61-27-13-11-25-59(61)71(47-19-7-5-8-20-47)60-26-12-14-28-62(60)72/h5-13,15-27,29,31-46,55,65-66H,30H2,1-4H3. The second-order valence-corrected chi connectivity index (χ2v) is 22.7. The average molecular weight is 973 g/mol. The molecule has 0 aliphatic heterocycles. The molecule has 0 fully saturated rings. The van der Waals surface area contributed by atoms with Crippen LogP contribution in [0.2, 0.25) is 0 Å². The maximum absolute atomic E-state index is 3.62. The maximum atomic E-state index is 3.62. The molecule has 0 spiro atoms. The first-order valence-electron chi connectivity index (χ1n) is 27.1. The van der Waals surface area contributed by atoms with Crippen molar-refractivity contribution in [1.29, 1.82) is 0 Å². The van der Waals surface area contributed by atoms with E-state index < -0.39 is 0 Å².